The third-order valence-electron chi connectivity index (χ3n) is 2.78. The first-order valence-corrected chi connectivity index (χ1v) is 7.11. The highest BCUT2D eigenvalue weighted by Gasteiger charge is 2.27. The van der Waals surface area contributed by atoms with Gasteiger partial charge in [-0.1, -0.05) is 25.2 Å². The predicted octanol–water partition coefficient (Wildman–Crippen LogP) is 3.34. The molecule has 1 rings (SSSR count). The summed E-state index contributed by atoms with van der Waals surface area (Å²) in [6, 6.07) is 0. The molecule has 98 valence electrons. The summed E-state index contributed by atoms with van der Waals surface area (Å²) >= 11 is 1.62. The number of nitrogens with zero attached hydrogens (tertiary/aromatic N) is 2. The average molecular weight is 256 g/mol. The van der Waals surface area contributed by atoms with E-state index >= 15 is 0 Å². The minimum atomic E-state index is -0.803. The van der Waals surface area contributed by atoms with E-state index in [1.807, 2.05) is 13.8 Å². The lowest BCUT2D eigenvalue weighted by atomic mass is 10.0. The van der Waals surface area contributed by atoms with Crippen LogP contribution in [0.4, 0.5) is 5.13 Å². The van der Waals surface area contributed by atoms with Gasteiger partial charge in [0.15, 0.2) is 5.13 Å². The van der Waals surface area contributed by atoms with E-state index in [9.17, 15) is 5.11 Å². The van der Waals surface area contributed by atoms with Gasteiger partial charge in [0.05, 0.1) is 16.2 Å². The van der Waals surface area contributed by atoms with Crippen LogP contribution in [0.5, 0.6) is 0 Å². The molecule has 0 aromatic carbocycles. The van der Waals surface area contributed by atoms with E-state index in [2.05, 4.69) is 32.6 Å². The Balaban J connectivity index is 3.21. The molecule has 4 heteroatoms. The Labute approximate surface area is 108 Å². The summed E-state index contributed by atoms with van der Waals surface area (Å²) in [6.07, 6.45) is 0. The van der Waals surface area contributed by atoms with E-state index in [4.69, 9.17) is 4.98 Å². The van der Waals surface area contributed by atoms with Crippen molar-refractivity contribution in [2.24, 2.45) is 0 Å². The molecule has 0 saturated carbocycles. The van der Waals surface area contributed by atoms with Gasteiger partial charge in [0.2, 0.25) is 0 Å². The van der Waals surface area contributed by atoms with Crippen molar-refractivity contribution >= 4 is 16.5 Å². The highest BCUT2D eigenvalue weighted by atomic mass is 32.1. The van der Waals surface area contributed by atoms with E-state index in [0.717, 1.165) is 28.8 Å². The van der Waals surface area contributed by atoms with Gasteiger partial charge in [0.25, 0.3) is 0 Å². The fourth-order valence-corrected chi connectivity index (χ4v) is 3.13. The minimum absolute atomic E-state index is 0.344. The van der Waals surface area contributed by atoms with E-state index in [-0.39, 0.29) is 0 Å². The van der Waals surface area contributed by atoms with E-state index in [0.29, 0.717) is 5.92 Å². The highest BCUT2D eigenvalue weighted by molar-refractivity contribution is 7.15. The van der Waals surface area contributed by atoms with E-state index < -0.39 is 5.60 Å². The largest absolute Gasteiger partial charge is 0.385 e. The first-order valence-electron chi connectivity index (χ1n) is 6.29. The number of hydrogen-bond acceptors (Lipinski definition) is 4. The summed E-state index contributed by atoms with van der Waals surface area (Å²) in [7, 11) is 0. The molecule has 0 aliphatic heterocycles. The fraction of sp³-hybridized carbons (Fsp3) is 0.769. The molecule has 0 unspecified atom stereocenters. The molecule has 1 N–H and O–H groups in total. The highest BCUT2D eigenvalue weighted by Crippen LogP contribution is 2.37. The molecule has 0 aliphatic carbocycles. The van der Waals surface area contributed by atoms with Gasteiger partial charge in [-0.15, -0.1) is 0 Å². The summed E-state index contributed by atoms with van der Waals surface area (Å²) in [5.41, 5.74) is 0.229. The number of aromatic nitrogens is 1. The second-order valence-electron chi connectivity index (χ2n) is 5.10. The second kappa shape index (κ2) is 5.36. The molecule has 3 nitrogen and oxygen atoms in total. The second-order valence-corrected chi connectivity index (χ2v) is 6.07. The van der Waals surface area contributed by atoms with Crippen LogP contribution >= 0.6 is 11.3 Å². The van der Waals surface area contributed by atoms with Gasteiger partial charge in [0, 0.05) is 13.1 Å². The third-order valence-corrected chi connectivity index (χ3v) is 4.22. The fourth-order valence-electron chi connectivity index (χ4n) is 1.78. The van der Waals surface area contributed by atoms with Crippen molar-refractivity contribution < 1.29 is 5.11 Å². The van der Waals surface area contributed by atoms with Crippen LogP contribution in [0.2, 0.25) is 0 Å². The van der Waals surface area contributed by atoms with Crippen molar-refractivity contribution in [2.75, 3.05) is 18.0 Å². The maximum Gasteiger partial charge on any atom is 0.185 e. The first-order chi connectivity index (χ1) is 7.81. The summed E-state index contributed by atoms with van der Waals surface area (Å²) in [5, 5.41) is 11.2. The van der Waals surface area contributed by atoms with Crippen LogP contribution in [0.15, 0.2) is 0 Å². The zero-order valence-electron chi connectivity index (χ0n) is 11.7. The molecular formula is C13H24N2OS. The zero-order chi connectivity index (χ0) is 13.2. The molecule has 0 aliphatic rings. The Hall–Kier alpha value is -0.610. The molecule has 1 aromatic heterocycles. The molecule has 0 radical (unpaired) electrons. The number of anilines is 1. The van der Waals surface area contributed by atoms with Crippen LogP contribution in [-0.4, -0.2) is 23.2 Å². The number of rotatable bonds is 5. The Morgan fingerprint density at radius 1 is 1.29 bits per heavy atom. The topological polar surface area (TPSA) is 36.4 Å². The third kappa shape index (κ3) is 3.19. The van der Waals surface area contributed by atoms with Gasteiger partial charge >= 0.3 is 0 Å². The molecule has 1 aromatic rings. The van der Waals surface area contributed by atoms with E-state index in [1.165, 1.54) is 0 Å². The molecule has 1 heterocycles. The van der Waals surface area contributed by atoms with Crippen LogP contribution in [-0.2, 0) is 5.60 Å². The first kappa shape index (κ1) is 14.5. The summed E-state index contributed by atoms with van der Waals surface area (Å²) < 4.78 is 0. The maximum absolute atomic E-state index is 10.2. The predicted molar refractivity (Wildman–Crippen MR) is 75.0 cm³/mol. The van der Waals surface area contributed by atoms with Gasteiger partial charge in [0.1, 0.15) is 0 Å². The van der Waals surface area contributed by atoms with Crippen LogP contribution in [0.3, 0.4) is 0 Å². The Morgan fingerprint density at radius 3 is 2.12 bits per heavy atom. The minimum Gasteiger partial charge on any atom is -0.385 e. The van der Waals surface area contributed by atoms with Gasteiger partial charge in [-0.3, -0.25) is 0 Å². The Morgan fingerprint density at radius 2 is 1.82 bits per heavy atom. The van der Waals surface area contributed by atoms with Gasteiger partial charge in [-0.2, -0.15) is 0 Å². The molecular weight excluding hydrogens is 232 g/mol. The summed E-state index contributed by atoms with van der Waals surface area (Å²) in [5.74, 6) is 0.344. The zero-order valence-corrected chi connectivity index (χ0v) is 12.6. The molecule has 0 fully saturated rings. The molecule has 17 heavy (non-hydrogen) atoms. The summed E-state index contributed by atoms with van der Waals surface area (Å²) in [6.45, 7) is 14.1. The van der Waals surface area contributed by atoms with Crippen molar-refractivity contribution in [3.8, 4) is 0 Å². The molecule has 0 amide bonds. The Kier molecular flexibility index (Phi) is 4.55. The quantitative estimate of drug-likeness (QED) is 0.877. The van der Waals surface area contributed by atoms with Crippen LogP contribution in [0.1, 0.15) is 58.0 Å². The molecule has 0 atom stereocenters. The monoisotopic (exact) mass is 256 g/mol. The van der Waals surface area contributed by atoms with Crippen LogP contribution < -0.4 is 4.90 Å². The van der Waals surface area contributed by atoms with Crippen molar-refractivity contribution in [3.05, 3.63) is 10.6 Å². The SMILES string of the molecule is CCN(CC)c1nc(C(C)C)c(C(C)(C)O)s1. The van der Waals surface area contributed by atoms with Gasteiger partial charge in [-0.25, -0.2) is 4.98 Å². The molecule has 0 saturated heterocycles. The number of hydrogen-bond donors (Lipinski definition) is 1. The smallest absolute Gasteiger partial charge is 0.185 e. The van der Waals surface area contributed by atoms with E-state index in [1.54, 1.807) is 11.3 Å². The number of aliphatic hydroxyl groups is 1. The lowest BCUT2D eigenvalue weighted by Crippen LogP contribution is -2.21. The van der Waals surface area contributed by atoms with Crippen LogP contribution in [0, 0.1) is 0 Å². The lowest BCUT2D eigenvalue weighted by Gasteiger charge is -2.18. The van der Waals surface area contributed by atoms with Gasteiger partial charge in [-0.05, 0) is 33.6 Å². The van der Waals surface area contributed by atoms with Crippen molar-refractivity contribution in [1.82, 2.24) is 4.98 Å². The van der Waals surface area contributed by atoms with Crippen molar-refractivity contribution in [2.45, 2.75) is 53.1 Å². The maximum atomic E-state index is 10.2. The molecule has 0 bridgehead atoms. The number of thiazole rings is 1. The summed E-state index contributed by atoms with van der Waals surface area (Å²) in [4.78, 5) is 7.93. The lowest BCUT2D eigenvalue weighted by molar-refractivity contribution is 0.0811. The standard InChI is InChI=1S/C13H24N2OS/c1-7-15(8-2)12-14-10(9(3)4)11(17-12)13(5,6)16/h9,16H,7-8H2,1-6H3. The molecule has 0 spiro atoms. The van der Waals surface area contributed by atoms with Crippen molar-refractivity contribution in [1.29, 1.82) is 0 Å². The van der Waals surface area contributed by atoms with Crippen molar-refractivity contribution in [3.63, 3.8) is 0 Å². The average Bonchev–Trinajstić information content (AvgIpc) is 2.64. The van der Waals surface area contributed by atoms with Crippen LogP contribution in [0.25, 0.3) is 0 Å². The Bertz CT molecular complexity index is 362. The normalized spacial score (nSPS) is 12.2. The van der Waals surface area contributed by atoms with Gasteiger partial charge < -0.3 is 10.0 Å².